The van der Waals surface area contributed by atoms with Gasteiger partial charge >= 0.3 is 0 Å². The van der Waals surface area contributed by atoms with Gasteiger partial charge in [-0.15, -0.1) is 0 Å². The van der Waals surface area contributed by atoms with Gasteiger partial charge in [0.05, 0.1) is 29.5 Å². The molecule has 1 saturated heterocycles. The normalized spacial score (nSPS) is 19.8. The quantitative estimate of drug-likeness (QED) is 0.877. The van der Waals surface area contributed by atoms with Crippen LogP contribution in [0.2, 0.25) is 5.02 Å². The molecule has 1 atom stereocenters. The number of fused-ring (bicyclic) bond motifs is 1. The Morgan fingerprint density at radius 1 is 1.47 bits per heavy atom. The van der Waals surface area contributed by atoms with Gasteiger partial charge in [-0.25, -0.2) is 4.68 Å². The van der Waals surface area contributed by atoms with Gasteiger partial charge < -0.3 is 4.74 Å². The molecular weight excluding hydrogens is 266 g/mol. The molecule has 19 heavy (non-hydrogen) atoms. The van der Waals surface area contributed by atoms with E-state index in [-0.39, 0.29) is 6.23 Å². The second-order valence-corrected chi connectivity index (χ2v) is 5.02. The van der Waals surface area contributed by atoms with E-state index in [0.717, 1.165) is 42.5 Å². The molecule has 0 spiro atoms. The van der Waals surface area contributed by atoms with Crippen LogP contribution in [0.1, 0.15) is 25.5 Å². The molecule has 1 aromatic carbocycles. The third-order valence-corrected chi connectivity index (χ3v) is 3.58. The number of benzene rings is 1. The van der Waals surface area contributed by atoms with Crippen molar-refractivity contribution in [2.75, 3.05) is 19.2 Å². The SMILES string of the molecule is CONc1cc(Cl)c2c(cnn2C2CCCCO2)c1. The molecule has 0 amide bonds. The van der Waals surface area contributed by atoms with Gasteiger partial charge in [0.2, 0.25) is 0 Å². The molecule has 1 fully saturated rings. The zero-order valence-corrected chi connectivity index (χ0v) is 11.5. The summed E-state index contributed by atoms with van der Waals surface area (Å²) >= 11 is 6.35. The predicted octanol–water partition coefficient (Wildman–Crippen LogP) is 3.36. The summed E-state index contributed by atoms with van der Waals surface area (Å²) in [5.74, 6) is 0. The van der Waals surface area contributed by atoms with Gasteiger partial charge in [-0.3, -0.25) is 10.3 Å². The summed E-state index contributed by atoms with van der Waals surface area (Å²) in [6, 6.07) is 3.78. The second-order valence-electron chi connectivity index (χ2n) is 4.61. The molecule has 2 heterocycles. The van der Waals surface area contributed by atoms with E-state index in [0.29, 0.717) is 5.02 Å². The first-order chi connectivity index (χ1) is 9.29. The maximum atomic E-state index is 6.35. The van der Waals surface area contributed by atoms with E-state index in [1.54, 1.807) is 13.3 Å². The Balaban J connectivity index is 2.02. The molecule has 0 radical (unpaired) electrons. The summed E-state index contributed by atoms with van der Waals surface area (Å²) in [6.07, 6.45) is 5.05. The number of halogens is 1. The van der Waals surface area contributed by atoms with Gasteiger partial charge in [-0.05, 0) is 31.4 Å². The van der Waals surface area contributed by atoms with Gasteiger partial charge in [0.25, 0.3) is 0 Å². The molecule has 1 aromatic heterocycles. The van der Waals surface area contributed by atoms with Crippen molar-refractivity contribution in [3.63, 3.8) is 0 Å². The highest BCUT2D eigenvalue weighted by molar-refractivity contribution is 6.35. The molecule has 0 bridgehead atoms. The highest BCUT2D eigenvalue weighted by Gasteiger charge is 2.20. The van der Waals surface area contributed by atoms with Crippen molar-refractivity contribution in [3.05, 3.63) is 23.4 Å². The molecule has 6 heteroatoms. The molecule has 1 N–H and O–H groups in total. The average Bonchev–Trinajstić information content (AvgIpc) is 2.84. The van der Waals surface area contributed by atoms with Gasteiger partial charge in [0.15, 0.2) is 6.23 Å². The second kappa shape index (κ2) is 5.36. The number of nitrogens with zero attached hydrogens (tertiary/aromatic N) is 2. The maximum absolute atomic E-state index is 6.35. The number of hydrogen-bond acceptors (Lipinski definition) is 4. The fraction of sp³-hybridized carbons (Fsp3) is 0.462. The molecule has 3 rings (SSSR count). The highest BCUT2D eigenvalue weighted by Crippen LogP contribution is 2.32. The Kier molecular flexibility index (Phi) is 3.59. The maximum Gasteiger partial charge on any atom is 0.150 e. The van der Waals surface area contributed by atoms with Crippen molar-refractivity contribution < 1.29 is 9.57 Å². The third kappa shape index (κ3) is 2.41. The van der Waals surface area contributed by atoms with Crippen molar-refractivity contribution in [1.82, 2.24) is 9.78 Å². The minimum atomic E-state index is -0.00927. The van der Waals surface area contributed by atoms with Crippen molar-refractivity contribution in [2.45, 2.75) is 25.5 Å². The predicted molar refractivity (Wildman–Crippen MR) is 74.2 cm³/mol. The smallest absolute Gasteiger partial charge is 0.150 e. The summed E-state index contributed by atoms with van der Waals surface area (Å²) in [5, 5.41) is 6.04. The zero-order valence-electron chi connectivity index (χ0n) is 10.7. The Bertz CT molecular complexity index is 579. The fourth-order valence-corrected chi connectivity index (χ4v) is 2.77. The minimum Gasteiger partial charge on any atom is -0.356 e. The van der Waals surface area contributed by atoms with Crippen LogP contribution in [0.3, 0.4) is 0 Å². The molecule has 0 saturated carbocycles. The lowest BCUT2D eigenvalue weighted by molar-refractivity contribution is -0.0366. The first kappa shape index (κ1) is 12.7. The van der Waals surface area contributed by atoms with Crippen LogP contribution in [0.4, 0.5) is 5.69 Å². The Labute approximate surface area is 116 Å². The van der Waals surface area contributed by atoms with E-state index >= 15 is 0 Å². The standard InChI is InChI=1S/C13H16ClN3O2/c1-18-16-10-6-9-8-15-17(13(9)11(14)7-10)12-4-2-3-5-19-12/h6-8,12,16H,2-5H2,1H3. The third-order valence-electron chi connectivity index (χ3n) is 3.29. The highest BCUT2D eigenvalue weighted by atomic mass is 35.5. The molecule has 1 aliphatic rings. The molecule has 0 aliphatic carbocycles. The van der Waals surface area contributed by atoms with Crippen LogP contribution < -0.4 is 5.48 Å². The molecular formula is C13H16ClN3O2. The van der Waals surface area contributed by atoms with E-state index in [1.807, 2.05) is 16.8 Å². The number of rotatable bonds is 3. The largest absolute Gasteiger partial charge is 0.356 e. The fourth-order valence-electron chi connectivity index (χ4n) is 2.45. The van der Waals surface area contributed by atoms with Crippen LogP contribution in [0.25, 0.3) is 10.9 Å². The lowest BCUT2D eigenvalue weighted by Gasteiger charge is -2.23. The number of nitrogens with one attached hydrogen (secondary N) is 1. The molecule has 5 nitrogen and oxygen atoms in total. The van der Waals surface area contributed by atoms with Crippen molar-refractivity contribution in [1.29, 1.82) is 0 Å². The summed E-state index contributed by atoms with van der Waals surface area (Å²) in [5.41, 5.74) is 4.50. The van der Waals surface area contributed by atoms with Crippen LogP contribution in [0.15, 0.2) is 18.3 Å². The molecule has 1 unspecified atom stereocenters. The number of hydrogen-bond donors (Lipinski definition) is 1. The molecule has 1 aliphatic heterocycles. The number of aromatic nitrogens is 2. The van der Waals surface area contributed by atoms with Gasteiger partial charge in [-0.2, -0.15) is 5.10 Å². The van der Waals surface area contributed by atoms with Crippen LogP contribution >= 0.6 is 11.6 Å². The van der Waals surface area contributed by atoms with E-state index in [1.165, 1.54) is 0 Å². The van der Waals surface area contributed by atoms with E-state index in [2.05, 4.69) is 10.6 Å². The Morgan fingerprint density at radius 3 is 3.11 bits per heavy atom. The molecule has 102 valence electrons. The summed E-state index contributed by atoms with van der Waals surface area (Å²) in [6.45, 7) is 0.785. The summed E-state index contributed by atoms with van der Waals surface area (Å²) < 4.78 is 7.65. The number of anilines is 1. The lowest BCUT2D eigenvalue weighted by atomic mass is 10.2. The van der Waals surface area contributed by atoms with E-state index in [9.17, 15) is 0 Å². The van der Waals surface area contributed by atoms with Gasteiger partial charge in [0.1, 0.15) is 0 Å². The monoisotopic (exact) mass is 281 g/mol. The van der Waals surface area contributed by atoms with Gasteiger partial charge in [-0.1, -0.05) is 11.6 Å². The zero-order chi connectivity index (χ0) is 13.2. The first-order valence-corrected chi connectivity index (χ1v) is 6.75. The van der Waals surface area contributed by atoms with Crippen molar-refractivity contribution in [2.24, 2.45) is 0 Å². The Morgan fingerprint density at radius 2 is 2.37 bits per heavy atom. The minimum absolute atomic E-state index is 0.00927. The molecule has 2 aromatic rings. The summed E-state index contributed by atoms with van der Waals surface area (Å²) in [4.78, 5) is 4.89. The average molecular weight is 282 g/mol. The van der Waals surface area contributed by atoms with E-state index < -0.39 is 0 Å². The van der Waals surface area contributed by atoms with Crippen molar-refractivity contribution >= 4 is 28.2 Å². The number of ether oxygens (including phenoxy) is 1. The lowest BCUT2D eigenvalue weighted by Crippen LogP contribution is -2.19. The summed E-state index contributed by atoms with van der Waals surface area (Å²) in [7, 11) is 1.57. The van der Waals surface area contributed by atoms with Crippen LogP contribution in [0.5, 0.6) is 0 Å². The topological polar surface area (TPSA) is 48.3 Å². The van der Waals surface area contributed by atoms with E-state index in [4.69, 9.17) is 21.2 Å². The first-order valence-electron chi connectivity index (χ1n) is 6.37. The van der Waals surface area contributed by atoms with Crippen LogP contribution in [-0.4, -0.2) is 23.5 Å². The van der Waals surface area contributed by atoms with Crippen LogP contribution in [-0.2, 0) is 9.57 Å². The van der Waals surface area contributed by atoms with Crippen molar-refractivity contribution in [3.8, 4) is 0 Å². The van der Waals surface area contributed by atoms with Crippen LogP contribution in [0, 0.1) is 0 Å². The Hall–Kier alpha value is -1.30. The van der Waals surface area contributed by atoms with Gasteiger partial charge in [0, 0.05) is 12.0 Å².